The molecule has 1 aromatic heterocycles. The maximum Gasteiger partial charge on any atom is 0.113 e. The third-order valence-corrected chi connectivity index (χ3v) is 12.9. The molecule has 7 aromatic rings. The molecule has 1 aliphatic rings. The van der Waals surface area contributed by atoms with Crippen molar-refractivity contribution < 1.29 is 0 Å². The smallest absolute Gasteiger partial charge is 0.113 e. The molecule has 0 amide bonds. The largest absolute Gasteiger partial charge is 0.248 e. The molecule has 0 N–H and O–H groups in total. The highest BCUT2D eigenvalue weighted by Crippen LogP contribution is 2.39. The van der Waals surface area contributed by atoms with Gasteiger partial charge in [0.05, 0.1) is 11.4 Å². The second kappa shape index (κ2) is 11.0. The summed E-state index contributed by atoms with van der Waals surface area (Å²) in [7, 11) is -1.72. The molecule has 0 bridgehead atoms. The number of hydrogen-bond acceptors (Lipinski definition) is 1. The Morgan fingerprint density at radius 2 is 0.800 bits per heavy atom. The van der Waals surface area contributed by atoms with Crippen LogP contribution in [0.3, 0.4) is 0 Å². The summed E-state index contributed by atoms with van der Waals surface area (Å²) >= 11 is 0. The second-order valence-corrected chi connectivity index (χ2v) is 16.7. The summed E-state index contributed by atoms with van der Waals surface area (Å²) in [5.41, 5.74) is 14.4. The molecule has 45 heavy (non-hydrogen) atoms. The zero-order valence-electron chi connectivity index (χ0n) is 25.5. The molecule has 0 aliphatic carbocycles. The van der Waals surface area contributed by atoms with Gasteiger partial charge < -0.3 is 0 Å². The van der Waals surface area contributed by atoms with Crippen molar-refractivity contribution in [1.82, 2.24) is 4.98 Å². The number of aromatic nitrogens is 1. The van der Waals surface area contributed by atoms with E-state index in [1.807, 2.05) is 0 Å². The molecule has 0 radical (unpaired) electrons. The van der Waals surface area contributed by atoms with Crippen LogP contribution in [0.25, 0.3) is 67.0 Å². The van der Waals surface area contributed by atoms with Gasteiger partial charge >= 0.3 is 0 Å². The van der Waals surface area contributed by atoms with Gasteiger partial charge in [0.25, 0.3) is 0 Å². The van der Waals surface area contributed by atoms with Crippen molar-refractivity contribution in [1.29, 1.82) is 0 Å². The van der Waals surface area contributed by atoms with Crippen molar-refractivity contribution in [2.24, 2.45) is 0 Å². The van der Waals surface area contributed by atoms with Crippen LogP contribution in [-0.4, -0.2) is 13.1 Å². The lowest BCUT2D eigenvalue weighted by molar-refractivity contribution is 1.32. The first-order valence-corrected chi connectivity index (χ1v) is 18.6. The van der Waals surface area contributed by atoms with Crippen molar-refractivity contribution in [3.63, 3.8) is 0 Å². The first kappa shape index (κ1) is 27.3. The van der Waals surface area contributed by atoms with Crippen molar-refractivity contribution in [3.8, 4) is 67.0 Å². The van der Waals surface area contributed by atoms with Crippen molar-refractivity contribution in [2.75, 3.05) is 0 Å². The molecular formula is C43H33NSi. The van der Waals surface area contributed by atoms with Crippen LogP contribution in [0, 0.1) is 0 Å². The molecule has 214 valence electrons. The molecular weight excluding hydrogens is 559 g/mol. The zero-order valence-corrected chi connectivity index (χ0v) is 26.5. The van der Waals surface area contributed by atoms with Gasteiger partial charge in [-0.15, -0.1) is 0 Å². The third kappa shape index (κ3) is 4.75. The van der Waals surface area contributed by atoms with Crippen molar-refractivity contribution in [3.05, 3.63) is 164 Å². The predicted octanol–water partition coefficient (Wildman–Crippen LogP) is 10.2. The van der Waals surface area contributed by atoms with E-state index in [1.54, 1.807) is 5.19 Å². The first-order valence-electron chi connectivity index (χ1n) is 15.6. The van der Waals surface area contributed by atoms with E-state index in [9.17, 15) is 0 Å². The molecule has 8 rings (SSSR count). The average Bonchev–Trinajstić information content (AvgIpc) is 3.35. The molecule has 0 unspecified atom stereocenters. The Kier molecular flexibility index (Phi) is 6.66. The van der Waals surface area contributed by atoms with Gasteiger partial charge in [0, 0.05) is 11.1 Å². The molecule has 0 spiro atoms. The van der Waals surface area contributed by atoms with Gasteiger partial charge in [-0.05, 0) is 67.0 Å². The number of benzene rings is 6. The van der Waals surface area contributed by atoms with Crippen molar-refractivity contribution in [2.45, 2.75) is 13.1 Å². The number of pyridine rings is 1. The monoisotopic (exact) mass is 591 g/mol. The fourth-order valence-corrected chi connectivity index (χ4v) is 10.1. The molecule has 1 aliphatic heterocycles. The van der Waals surface area contributed by atoms with E-state index in [4.69, 9.17) is 4.98 Å². The van der Waals surface area contributed by atoms with Crippen molar-refractivity contribution >= 4 is 18.4 Å². The molecule has 0 fully saturated rings. The maximum absolute atomic E-state index is 5.10. The number of hydrogen-bond donors (Lipinski definition) is 0. The van der Waals surface area contributed by atoms with Gasteiger partial charge in [0.2, 0.25) is 0 Å². The molecule has 0 saturated carbocycles. The van der Waals surface area contributed by atoms with Crippen LogP contribution in [-0.2, 0) is 0 Å². The van der Waals surface area contributed by atoms with E-state index in [0.29, 0.717) is 0 Å². The summed E-state index contributed by atoms with van der Waals surface area (Å²) in [5, 5.41) is 3.08. The highest BCUT2D eigenvalue weighted by molar-refractivity contribution is 7.04. The maximum atomic E-state index is 5.10. The van der Waals surface area contributed by atoms with Gasteiger partial charge in [-0.25, -0.2) is 4.98 Å². The van der Waals surface area contributed by atoms with E-state index >= 15 is 0 Å². The molecule has 2 heterocycles. The van der Waals surface area contributed by atoms with Crippen LogP contribution in [0.4, 0.5) is 0 Å². The highest BCUT2D eigenvalue weighted by Gasteiger charge is 2.38. The fraction of sp³-hybridized carbons (Fsp3) is 0.0465. The summed E-state index contributed by atoms with van der Waals surface area (Å²) in [5.74, 6) is 0. The average molecular weight is 592 g/mol. The lowest BCUT2D eigenvalue weighted by Crippen LogP contribution is -2.49. The van der Waals surface area contributed by atoms with E-state index in [0.717, 1.165) is 28.1 Å². The topological polar surface area (TPSA) is 12.9 Å². The fourth-order valence-electron chi connectivity index (χ4n) is 7.01. The molecule has 1 nitrogen and oxygen atoms in total. The Balaban J connectivity index is 1.23. The standard InChI is InChI=1S/C43H33NSi/c1-45(2)41-22-12-11-20-38(41)43-37(21-13-23-42(43)45)31-26-24-30(25-27-31)35-18-9-10-19-36(35)34-28-39(32-14-5-3-6-15-32)44-40(29-34)33-16-7-4-8-17-33/h3-29H,1-2H3. The quantitative estimate of drug-likeness (QED) is 0.182. The first-order chi connectivity index (χ1) is 22.1. The Hall–Kier alpha value is -5.31. The van der Waals surface area contributed by atoms with Crippen LogP contribution in [0.15, 0.2) is 164 Å². The molecule has 0 saturated heterocycles. The van der Waals surface area contributed by atoms with Crippen LogP contribution >= 0.6 is 0 Å². The van der Waals surface area contributed by atoms with E-state index in [1.165, 1.54) is 44.1 Å². The number of nitrogens with zero attached hydrogens (tertiary/aromatic N) is 1. The summed E-state index contributed by atoms with van der Waals surface area (Å²) in [6.07, 6.45) is 0. The Bertz CT molecular complexity index is 2110. The van der Waals surface area contributed by atoms with Crippen LogP contribution in [0.1, 0.15) is 0 Å². The summed E-state index contributed by atoms with van der Waals surface area (Å²) in [4.78, 5) is 5.10. The summed E-state index contributed by atoms with van der Waals surface area (Å²) in [6.45, 7) is 4.96. The number of fused-ring (bicyclic) bond motifs is 3. The zero-order chi connectivity index (χ0) is 30.4. The Morgan fingerprint density at radius 1 is 0.356 bits per heavy atom. The van der Waals surface area contributed by atoms with E-state index < -0.39 is 8.07 Å². The highest BCUT2D eigenvalue weighted by atomic mass is 28.3. The van der Waals surface area contributed by atoms with Crippen LogP contribution < -0.4 is 10.4 Å². The Morgan fingerprint density at radius 3 is 1.40 bits per heavy atom. The normalized spacial score (nSPS) is 12.8. The van der Waals surface area contributed by atoms with Gasteiger partial charge in [0.15, 0.2) is 0 Å². The SMILES string of the molecule is C[Si]1(C)c2ccccc2-c2c(-c3ccc(-c4ccccc4-c4cc(-c5ccccc5)nc(-c5ccccc5)c4)cc3)cccc21. The number of rotatable bonds is 5. The Labute approximate surface area is 266 Å². The van der Waals surface area contributed by atoms with Gasteiger partial charge in [-0.3, -0.25) is 0 Å². The van der Waals surface area contributed by atoms with E-state index in [-0.39, 0.29) is 0 Å². The molecule has 2 heteroatoms. The van der Waals surface area contributed by atoms with Gasteiger partial charge in [-0.2, -0.15) is 0 Å². The third-order valence-electron chi connectivity index (χ3n) is 9.32. The second-order valence-electron chi connectivity index (χ2n) is 12.4. The van der Waals surface area contributed by atoms with Crippen LogP contribution in [0.5, 0.6) is 0 Å². The minimum Gasteiger partial charge on any atom is -0.248 e. The summed E-state index contributed by atoms with van der Waals surface area (Å²) < 4.78 is 0. The summed E-state index contributed by atoms with van der Waals surface area (Å²) in [6, 6.07) is 59.2. The van der Waals surface area contributed by atoms with Gasteiger partial charge in [-0.1, -0.05) is 165 Å². The minimum absolute atomic E-state index is 0.974. The van der Waals surface area contributed by atoms with Gasteiger partial charge in [0.1, 0.15) is 8.07 Å². The lowest BCUT2D eigenvalue weighted by Gasteiger charge is -2.19. The molecule has 0 atom stereocenters. The minimum atomic E-state index is -1.72. The van der Waals surface area contributed by atoms with E-state index in [2.05, 4.69) is 177 Å². The van der Waals surface area contributed by atoms with Crippen LogP contribution in [0.2, 0.25) is 13.1 Å². The lowest BCUT2D eigenvalue weighted by atomic mass is 9.90. The molecule has 6 aromatic carbocycles. The predicted molar refractivity (Wildman–Crippen MR) is 194 cm³/mol.